The summed E-state index contributed by atoms with van der Waals surface area (Å²) in [4.78, 5) is 31.8. The van der Waals surface area contributed by atoms with Crippen molar-refractivity contribution >= 4 is 16.8 Å². The smallest absolute Gasteiger partial charge is 0.253 e. The molecule has 1 amide bonds. The van der Waals surface area contributed by atoms with E-state index in [-0.39, 0.29) is 29.3 Å². The van der Waals surface area contributed by atoms with E-state index in [4.69, 9.17) is 4.74 Å². The molecule has 0 bridgehead atoms. The molecule has 6 nitrogen and oxygen atoms in total. The Morgan fingerprint density at radius 3 is 2.86 bits per heavy atom. The van der Waals surface area contributed by atoms with Crippen LogP contribution in [0.3, 0.4) is 0 Å². The fourth-order valence-electron chi connectivity index (χ4n) is 3.96. The first-order valence-corrected chi connectivity index (χ1v) is 9.97. The molecule has 6 heteroatoms. The number of nitrogens with one attached hydrogen (secondary N) is 2. The van der Waals surface area contributed by atoms with Crippen molar-refractivity contribution in [2.45, 2.75) is 32.2 Å². The highest BCUT2D eigenvalue weighted by atomic mass is 16.5. The summed E-state index contributed by atoms with van der Waals surface area (Å²) in [6, 6.07) is 13.0. The highest BCUT2D eigenvalue weighted by molar-refractivity contribution is 5.95. The number of H-pyrrole nitrogens is 1. The van der Waals surface area contributed by atoms with E-state index in [0.29, 0.717) is 24.5 Å². The van der Waals surface area contributed by atoms with Crippen LogP contribution >= 0.6 is 0 Å². The second-order valence-corrected chi connectivity index (χ2v) is 7.87. The number of aromatic amines is 1. The number of pyridine rings is 2. The topological polar surface area (TPSA) is 84.1 Å². The lowest BCUT2D eigenvalue weighted by atomic mass is 9.92. The molecule has 1 aromatic carbocycles. The quantitative estimate of drug-likeness (QED) is 0.700. The third kappa shape index (κ3) is 4.07. The molecule has 1 aliphatic rings. The van der Waals surface area contributed by atoms with Gasteiger partial charge in [-0.3, -0.25) is 14.6 Å². The van der Waals surface area contributed by atoms with Crippen LogP contribution in [0.2, 0.25) is 0 Å². The van der Waals surface area contributed by atoms with Crippen molar-refractivity contribution in [3.63, 3.8) is 0 Å². The molecule has 3 heterocycles. The zero-order valence-corrected chi connectivity index (χ0v) is 16.6. The average Bonchev–Trinajstić information content (AvgIpc) is 3.14. The number of nitrogens with zero attached hydrogens (tertiary/aromatic N) is 1. The second kappa shape index (κ2) is 8.17. The number of fused-ring (bicyclic) bond motifs is 1. The molecule has 0 aliphatic carbocycles. The summed E-state index contributed by atoms with van der Waals surface area (Å²) >= 11 is 0. The maximum Gasteiger partial charge on any atom is 0.253 e. The number of carbonyl (C=O) groups is 1. The molecule has 2 atom stereocenters. The van der Waals surface area contributed by atoms with Crippen molar-refractivity contribution in [1.29, 1.82) is 0 Å². The molecule has 0 unspecified atom stereocenters. The number of hydrogen-bond acceptors (Lipinski definition) is 4. The molecule has 29 heavy (non-hydrogen) atoms. The Kier molecular flexibility index (Phi) is 5.45. The van der Waals surface area contributed by atoms with Crippen LogP contribution in [0.5, 0.6) is 0 Å². The molecule has 0 radical (unpaired) electrons. The first kappa shape index (κ1) is 19.3. The molecule has 0 saturated carbocycles. The van der Waals surface area contributed by atoms with Crippen LogP contribution in [-0.4, -0.2) is 35.1 Å². The van der Waals surface area contributed by atoms with Crippen molar-refractivity contribution in [3.05, 3.63) is 75.8 Å². The molecule has 3 aromatic rings. The van der Waals surface area contributed by atoms with E-state index < -0.39 is 0 Å². The molecule has 2 N–H and O–H groups in total. The Labute approximate surface area is 169 Å². The SMILES string of the molecule is CC(C)c1[nH]c(=O)ccc1C(=O)N[C@@H]1COC[C@H]1Cc1ccnc2ccccc12. The van der Waals surface area contributed by atoms with E-state index in [1.54, 1.807) is 6.07 Å². The van der Waals surface area contributed by atoms with Gasteiger partial charge in [0.1, 0.15) is 0 Å². The third-order valence-corrected chi connectivity index (χ3v) is 5.51. The maximum atomic E-state index is 12.9. The van der Waals surface area contributed by atoms with E-state index in [1.807, 2.05) is 44.3 Å². The Hall–Kier alpha value is -2.99. The van der Waals surface area contributed by atoms with Gasteiger partial charge < -0.3 is 15.0 Å². The van der Waals surface area contributed by atoms with Gasteiger partial charge in [-0.15, -0.1) is 0 Å². The van der Waals surface area contributed by atoms with Crippen molar-refractivity contribution in [1.82, 2.24) is 15.3 Å². The molecule has 4 rings (SSSR count). The molecular formula is C23H25N3O3. The first-order valence-electron chi connectivity index (χ1n) is 9.97. The molecule has 150 valence electrons. The largest absolute Gasteiger partial charge is 0.379 e. The van der Waals surface area contributed by atoms with Gasteiger partial charge >= 0.3 is 0 Å². The summed E-state index contributed by atoms with van der Waals surface area (Å²) in [5, 5.41) is 4.26. The molecule has 0 spiro atoms. The van der Waals surface area contributed by atoms with Crippen LogP contribution in [0, 0.1) is 5.92 Å². The first-order chi connectivity index (χ1) is 14.0. The van der Waals surface area contributed by atoms with E-state index >= 15 is 0 Å². The summed E-state index contributed by atoms with van der Waals surface area (Å²) in [7, 11) is 0. The van der Waals surface area contributed by atoms with Gasteiger partial charge in [-0.25, -0.2) is 0 Å². The minimum absolute atomic E-state index is 0.0449. The normalized spacial score (nSPS) is 19.0. The van der Waals surface area contributed by atoms with Gasteiger partial charge in [0.25, 0.3) is 5.91 Å². The number of carbonyl (C=O) groups excluding carboxylic acids is 1. The standard InChI is InChI=1S/C23H25N3O3/c1-14(2)22-18(7-8-21(27)26-22)23(28)25-20-13-29-12-16(20)11-15-9-10-24-19-6-4-3-5-17(15)19/h3-10,14,16,20H,11-13H2,1-2H3,(H,25,28)(H,26,27)/t16-,20-/m1/s1. The Morgan fingerprint density at radius 2 is 2.03 bits per heavy atom. The summed E-state index contributed by atoms with van der Waals surface area (Å²) in [6.45, 7) is 5.00. The maximum absolute atomic E-state index is 12.9. The molecule has 1 aliphatic heterocycles. The van der Waals surface area contributed by atoms with Gasteiger partial charge in [-0.2, -0.15) is 0 Å². The van der Waals surface area contributed by atoms with Crippen LogP contribution in [0.15, 0.2) is 53.5 Å². The Balaban J connectivity index is 1.53. The molecule has 2 aromatic heterocycles. The van der Waals surface area contributed by atoms with E-state index in [2.05, 4.69) is 21.4 Å². The third-order valence-electron chi connectivity index (χ3n) is 5.51. The van der Waals surface area contributed by atoms with Crippen LogP contribution in [-0.2, 0) is 11.2 Å². The predicted octanol–water partition coefficient (Wildman–Crippen LogP) is 3.03. The van der Waals surface area contributed by atoms with Gasteiger partial charge in [-0.05, 0) is 36.1 Å². The van der Waals surface area contributed by atoms with Crippen molar-refractivity contribution in [2.75, 3.05) is 13.2 Å². The van der Waals surface area contributed by atoms with Gasteiger partial charge in [0.15, 0.2) is 0 Å². The minimum atomic E-state index is -0.197. The highest BCUT2D eigenvalue weighted by Gasteiger charge is 2.31. The van der Waals surface area contributed by atoms with Gasteiger partial charge in [-0.1, -0.05) is 32.0 Å². The number of aromatic nitrogens is 2. The second-order valence-electron chi connectivity index (χ2n) is 7.87. The summed E-state index contributed by atoms with van der Waals surface area (Å²) < 4.78 is 5.70. The Morgan fingerprint density at radius 1 is 1.21 bits per heavy atom. The number of hydrogen-bond donors (Lipinski definition) is 2. The van der Waals surface area contributed by atoms with Crippen molar-refractivity contribution in [2.24, 2.45) is 5.92 Å². The van der Waals surface area contributed by atoms with Gasteiger partial charge in [0.05, 0.1) is 30.3 Å². The lowest BCUT2D eigenvalue weighted by Crippen LogP contribution is -2.41. The molecule has 1 fully saturated rings. The lowest BCUT2D eigenvalue weighted by molar-refractivity contribution is 0.0923. The van der Waals surface area contributed by atoms with Crippen molar-refractivity contribution < 1.29 is 9.53 Å². The molecular weight excluding hydrogens is 366 g/mol. The van der Waals surface area contributed by atoms with Crippen LogP contribution in [0.1, 0.15) is 41.4 Å². The number of amides is 1. The number of ether oxygens (including phenoxy) is 1. The van der Waals surface area contributed by atoms with Gasteiger partial charge in [0.2, 0.25) is 5.56 Å². The highest BCUT2D eigenvalue weighted by Crippen LogP contribution is 2.25. The average molecular weight is 391 g/mol. The predicted molar refractivity (Wildman–Crippen MR) is 112 cm³/mol. The Bertz CT molecular complexity index is 1080. The van der Waals surface area contributed by atoms with Gasteiger partial charge in [0, 0.05) is 29.3 Å². The van der Waals surface area contributed by atoms with E-state index in [0.717, 1.165) is 17.3 Å². The fourth-order valence-corrected chi connectivity index (χ4v) is 3.96. The summed E-state index contributed by atoms with van der Waals surface area (Å²) in [5.74, 6) is 0.0449. The van der Waals surface area contributed by atoms with Crippen LogP contribution in [0.4, 0.5) is 0 Å². The van der Waals surface area contributed by atoms with E-state index in [9.17, 15) is 9.59 Å². The number of para-hydroxylation sites is 1. The van der Waals surface area contributed by atoms with Crippen LogP contribution in [0.25, 0.3) is 10.9 Å². The zero-order valence-electron chi connectivity index (χ0n) is 16.6. The summed E-state index contributed by atoms with van der Waals surface area (Å²) in [6.07, 6.45) is 2.63. The zero-order chi connectivity index (χ0) is 20.4. The molecule has 1 saturated heterocycles. The lowest BCUT2D eigenvalue weighted by Gasteiger charge is -2.21. The summed E-state index contributed by atoms with van der Waals surface area (Å²) in [5.41, 5.74) is 3.15. The van der Waals surface area contributed by atoms with E-state index in [1.165, 1.54) is 11.6 Å². The monoisotopic (exact) mass is 391 g/mol. The fraction of sp³-hybridized carbons (Fsp3) is 0.348. The van der Waals surface area contributed by atoms with Crippen LogP contribution < -0.4 is 10.9 Å². The van der Waals surface area contributed by atoms with Crippen molar-refractivity contribution in [3.8, 4) is 0 Å². The number of benzene rings is 1. The number of rotatable bonds is 5. The minimum Gasteiger partial charge on any atom is -0.379 e.